The molecule has 0 N–H and O–H groups in total. The van der Waals surface area contributed by atoms with Crippen molar-refractivity contribution in [3.63, 3.8) is 0 Å². The highest BCUT2D eigenvalue weighted by atomic mass is 16.2. The first-order valence-electron chi connectivity index (χ1n) is 11.2. The van der Waals surface area contributed by atoms with Crippen molar-refractivity contribution in [2.45, 2.75) is 76.8 Å². The summed E-state index contributed by atoms with van der Waals surface area (Å²) in [5.41, 5.74) is 0. The van der Waals surface area contributed by atoms with E-state index in [1.165, 1.54) is 19.3 Å². The van der Waals surface area contributed by atoms with Crippen LogP contribution >= 0.6 is 0 Å². The van der Waals surface area contributed by atoms with E-state index in [0.717, 1.165) is 82.8 Å². The van der Waals surface area contributed by atoms with E-state index in [9.17, 15) is 9.59 Å². The van der Waals surface area contributed by atoms with Crippen molar-refractivity contribution in [2.24, 2.45) is 11.8 Å². The maximum Gasteiger partial charge on any atom is 0.226 e. The number of carbonyl (C=O) groups is 2. The van der Waals surface area contributed by atoms with Crippen LogP contribution in [0.2, 0.25) is 0 Å². The highest BCUT2D eigenvalue weighted by molar-refractivity contribution is 5.82. The monoisotopic (exact) mass is 385 g/mol. The van der Waals surface area contributed by atoms with Crippen LogP contribution in [0.3, 0.4) is 0 Å². The number of piperidine rings is 1. The first kappa shape index (κ1) is 18.1. The molecule has 7 nitrogen and oxygen atoms in total. The Balaban J connectivity index is 1.26. The number of fused-ring (bicyclic) bond motifs is 1. The molecule has 1 aromatic rings. The summed E-state index contributed by atoms with van der Waals surface area (Å²) in [6.07, 6.45) is 10.3. The van der Waals surface area contributed by atoms with Crippen molar-refractivity contribution >= 4 is 11.8 Å². The number of aromatic nitrogens is 3. The molecule has 152 valence electrons. The Bertz CT molecular complexity index is 748. The van der Waals surface area contributed by atoms with Gasteiger partial charge in [0.25, 0.3) is 0 Å². The lowest BCUT2D eigenvalue weighted by Gasteiger charge is -2.35. The molecule has 1 saturated carbocycles. The first-order chi connectivity index (χ1) is 13.7. The van der Waals surface area contributed by atoms with Crippen LogP contribution in [0.1, 0.15) is 75.5 Å². The molecule has 0 spiro atoms. The van der Waals surface area contributed by atoms with Crippen LogP contribution in [-0.2, 0) is 22.6 Å². The molecular formula is C21H31N5O2. The Labute approximate surface area is 166 Å². The van der Waals surface area contributed by atoms with Gasteiger partial charge in [-0.15, -0.1) is 10.2 Å². The van der Waals surface area contributed by atoms with Gasteiger partial charge in [0.05, 0.1) is 6.04 Å². The molecule has 0 bridgehead atoms. The average Bonchev–Trinajstić information content (AvgIpc) is 3.41. The van der Waals surface area contributed by atoms with Crippen LogP contribution in [0.4, 0.5) is 0 Å². The topological polar surface area (TPSA) is 71.3 Å². The fraction of sp³-hybridized carbons (Fsp3) is 0.810. The minimum absolute atomic E-state index is 0.0513. The molecule has 7 heteroatoms. The van der Waals surface area contributed by atoms with Crippen LogP contribution in [0.15, 0.2) is 0 Å². The smallest absolute Gasteiger partial charge is 0.226 e. The Morgan fingerprint density at radius 1 is 0.750 bits per heavy atom. The Hall–Kier alpha value is -1.92. The predicted octanol–water partition coefficient (Wildman–Crippen LogP) is 2.32. The zero-order chi connectivity index (χ0) is 19.1. The van der Waals surface area contributed by atoms with Gasteiger partial charge in [-0.3, -0.25) is 9.59 Å². The molecule has 1 aromatic heterocycles. The van der Waals surface area contributed by atoms with Gasteiger partial charge < -0.3 is 14.4 Å². The van der Waals surface area contributed by atoms with Crippen molar-refractivity contribution in [1.82, 2.24) is 24.6 Å². The Morgan fingerprint density at radius 3 is 2.32 bits per heavy atom. The van der Waals surface area contributed by atoms with E-state index in [-0.39, 0.29) is 23.8 Å². The lowest BCUT2D eigenvalue weighted by Crippen LogP contribution is -2.45. The minimum atomic E-state index is 0.0513. The molecule has 1 aliphatic carbocycles. The van der Waals surface area contributed by atoms with Crippen molar-refractivity contribution < 1.29 is 9.59 Å². The van der Waals surface area contributed by atoms with Crippen molar-refractivity contribution in [3.8, 4) is 0 Å². The molecule has 3 aliphatic heterocycles. The number of amides is 2. The van der Waals surface area contributed by atoms with Crippen LogP contribution in [0.25, 0.3) is 0 Å². The molecular weight excluding hydrogens is 354 g/mol. The molecule has 4 heterocycles. The summed E-state index contributed by atoms with van der Waals surface area (Å²) < 4.78 is 2.29. The number of carbonyl (C=O) groups excluding carboxylic acids is 2. The summed E-state index contributed by atoms with van der Waals surface area (Å²) in [5.74, 6) is 3.01. The maximum absolute atomic E-state index is 13.3. The summed E-state index contributed by atoms with van der Waals surface area (Å²) in [7, 11) is 0. The summed E-state index contributed by atoms with van der Waals surface area (Å²) in [5, 5.41) is 8.98. The van der Waals surface area contributed by atoms with Crippen LogP contribution in [-0.4, -0.2) is 56.0 Å². The molecule has 0 aromatic carbocycles. The summed E-state index contributed by atoms with van der Waals surface area (Å²) in [6.45, 7) is 3.29. The normalized spacial score (nSPS) is 26.2. The number of nitrogens with zero attached hydrogens (tertiary/aromatic N) is 5. The fourth-order valence-corrected chi connectivity index (χ4v) is 5.22. The number of rotatable bonds is 3. The highest BCUT2D eigenvalue weighted by Crippen LogP contribution is 2.36. The second-order valence-electron chi connectivity index (χ2n) is 9.00. The quantitative estimate of drug-likeness (QED) is 0.801. The van der Waals surface area contributed by atoms with Crippen molar-refractivity contribution in [1.29, 1.82) is 0 Å². The van der Waals surface area contributed by atoms with Crippen molar-refractivity contribution in [3.05, 3.63) is 11.6 Å². The molecule has 2 amide bonds. The lowest BCUT2D eigenvalue weighted by atomic mass is 9.94. The van der Waals surface area contributed by atoms with Crippen LogP contribution in [0, 0.1) is 11.8 Å². The number of hydrogen-bond donors (Lipinski definition) is 0. The van der Waals surface area contributed by atoms with E-state index >= 15 is 0 Å². The fourth-order valence-electron chi connectivity index (χ4n) is 5.22. The number of aryl methyl sites for hydroxylation is 1. The van der Waals surface area contributed by atoms with Crippen LogP contribution in [0.5, 0.6) is 0 Å². The van der Waals surface area contributed by atoms with Gasteiger partial charge >= 0.3 is 0 Å². The molecule has 3 fully saturated rings. The van der Waals surface area contributed by atoms with E-state index in [1.807, 2.05) is 4.90 Å². The highest BCUT2D eigenvalue weighted by Gasteiger charge is 2.40. The molecule has 1 atom stereocenters. The molecule has 0 unspecified atom stereocenters. The van der Waals surface area contributed by atoms with E-state index in [2.05, 4.69) is 19.7 Å². The molecule has 2 saturated heterocycles. The second-order valence-corrected chi connectivity index (χ2v) is 9.00. The third-order valence-electron chi connectivity index (χ3n) is 7.05. The Kier molecular flexibility index (Phi) is 4.85. The summed E-state index contributed by atoms with van der Waals surface area (Å²) in [6, 6.07) is 0.0815. The van der Waals surface area contributed by atoms with Gasteiger partial charge in [0.15, 0.2) is 5.82 Å². The van der Waals surface area contributed by atoms with Crippen molar-refractivity contribution in [2.75, 3.05) is 19.6 Å². The zero-order valence-electron chi connectivity index (χ0n) is 16.7. The van der Waals surface area contributed by atoms with E-state index < -0.39 is 0 Å². The largest absolute Gasteiger partial charge is 0.342 e. The second kappa shape index (κ2) is 7.48. The maximum atomic E-state index is 13.3. The zero-order valence-corrected chi connectivity index (χ0v) is 16.7. The van der Waals surface area contributed by atoms with Gasteiger partial charge in [-0.25, -0.2) is 0 Å². The van der Waals surface area contributed by atoms with Gasteiger partial charge in [0.2, 0.25) is 11.8 Å². The summed E-state index contributed by atoms with van der Waals surface area (Å²) in [4.78, 5) is 29.7. The van der Waals surface area contributed by atoms with Gasteiger partial charge in [0.1, 0.15) is 5.82 Å². The summed E-state index contributed by atoms with van der Waals surface area (Å²) >= 11 is 0. The third-order valence-corrected chi connectivity index (χ3v) is 7.05. The Morgan fingerprint density at radius 2 is 1.54 bits per heavy atom. The van der Waals surface area contributed by atoms with E-state index in [1.54, 1.807) is 0 Å². The molecule has 4 aliphatic rings. The van der Waals surface area contributed by atoms with Gasteiger partial charge in [-0.05, 0) is 51.4 Å². The van der Waals surface area contributed by atoms with E-state index in [4.69, 9.17) is 0 Å². The molecule has 28 heavy (non-hydrogen) atoms. The standard InChI is InChI=1S/C21H31N5O2/c27-20(15-7-8-15)24-13-9-16(10-14-24)21(28)25-12-4-5-17(25)19-23-22-18-6-2-1-3-11-26(18)19/h15-17H,1-14H2/t17-/m1/s1. The number of hydrogen-bond acceptors (Lipinski definition) is 4. The third kappa shape index (κ3) is 3.33. The van der Waals surface area contributed by atoms with Gasteiger partial charge in [0, 0.05) is 44.4 Å². The first-order valence-corrected chi connectivity index (χ1v) is 11.2. The molecule has 0 radical (unpaired) electrons. The predicted molar refractivity (Wildman–Crippen MR) is 103 cm³/mol. The number of likely N-dealkylation sites (tertiary alicyclic amines) is 2. The van der Waals surface area contributed by atoms with E-state index in [0.29, 0.717) is 5.91 Å². The average molecular weight is 386 g/mol. The van der Waals surface area contributed by atoms with Gasteiger partial charge in [-0.2, -0.15) is 0 Å². The minimum Gasteiger partial charge on any atom is -0.342 e. The SMILES string of the molecule is O=C(C1CC1)N1CCC(C(=O)N2CCC[C@@H]2c2nnc3n2CCCCC3)CC1. The molecule has 5 rings (SSSR count). The van der Waals surface area contributed by atoms with Crippen LogP contribution < -0.4 is 0 Å². The van der Waals surface area contributed by atoms with Gasteiger partial charge in [-0.1, -0.05) is 6.42 Å². The lowest BCUT2D eigenvalue weighted by molar-refractivity contribution is -0.142.